The Morgan fingerprint density at radius 1 is 1.19 bits per heavy atom. The Labute approximate surface area is 185 Å². The Morgan fingerprint density at radius 2 is 1.91 bits per heavy atom. The molecule has 2 bridgehead atoms. The number of aliphatic hydroxyl groups excluding tert-OH is 1. The van der Waals surface area contributed by atoms with Crippen LogP contribution in [-0.4, -0.2) is 60.0 Å². The van der Waals surface area contributed by atoms with Gasteiger partial charge in [-0.1, -0.05) is 6.07 Å². The summed E-state index contributed by atoms with van der Waals surface area (Å²) >= 11 is 0. The highest BCUT2D eigenvalue weighted by atomic mass is 16.3. The molecular formula is C23H26N6O3. The van der Waals surface area contributed by atoms with Crippen LogP contribution in [0.5, 0.6) is 0 Å². The molecule has 166 valence electrons. The minimum Gasteiger partial charge on any atom is -0.387 e. The van der Waals surface area contributed by atoms with Crippen LogP contribution in [0.25, 0.3) is 16.8 Å². The lowest BCUT2D eigenvalue weighted by Gasteiger charge is -2.39. The minimum absolute atomic E-state index is 0.000311. The highest BCUT2D eigenvalue weighted by Gasteiger charge is 2.44. The van der Waals surface area contributed by atoms with Gasteiger partial charge in [0.2, 0.25) is 5.91 Å². The van der Waals surface area contributed by atoms with E-state index in [1.165, 1.54) is 11.4 Å². The fourth-order valence-electron chi connectivity index (χ4n) is 5.41. The first-order valence-electron chi connectivity index (χ1n) is 10.9. The van der Waals surface area contributed by atoms with Gasteiger partial charge in [-0.3, -0.25) is 14.6 Å². The molecule has 3 aromatic rings. The van der Waals surface area contributed by atoms with Gasteiger partial charge >= 0.3 is 0 Å². The standard InChI is InChI=1S/C23H26N6O3/c1-12-3-4-14(9-25-12)18-10-26-29-22(24)20(13(2)31)21(27-23(18)29)15-7-16-5-6-17(8-15)28(16)19(32)11-30/h3-4,9-10,15-17,30H,5-8,11,24H2,1-2H3/t15-,16-,17+. The van der Waals surface area contributed by atoms with Crippen molar-refractivity contribution in [2.24, 2.45) is 0 Å². The molecule has 2 aliphatic heterocycles. The first-order valence-corrected chi connectivity index (χ1v) is 10.9. The molecule has 0 aromatic carbocycles. The number of nitrogens with two attached hydrogens (primary N) is 1. The summed E-state index contributed by atoms with van der Waals surface area (Å²) in [5, 5.41) is 13.8. The van der Waals surface area contributed by atoms with Crippen molar-refractivity contribution < 1.29 is 14.7 Å². The molecule has 9 heteroatoms. The zero-order valence-corrected chi connectivity index (χ0v) is 18.2. The molecular weight excluding hydrogens is 408 g/mol. The van der Waals surface area contributed by atoms with E-state index in [-0.39, 0.29) is 35.5 Å². The van der Waals surface area contributed by atoms with Crippen LogP contribution in [-0.2, 0) is 4.79 Å². The molecule has 32 heavy (non-hydrogen) atoms. The number of carbonyl (C=O) groups is 2. The van der Waals surface area contributed by atoms with Gasteiger partial charge in [0.05, 0.1) is 17.5 Å². The Kier molecular flexibility index (Phi) is 4.93. The fraction of sp³-hybridized carbons (Fsp3) is 0.435. The van der Waals surface area contributed by atoms with Crippen molar-refractivity contribution >= 4 is 23.2 Å². The van der Waals surface area contributed by atoms with E-state index in [4.69, 9.17) is 10.7 Å². The number of fused-ring (bicyclic) bond motifs is 3. The molecule has 0 spiro atoms. The van der Waals surface area contributed by atoms with Crippen molar-refractivity contribution in [1.29, 1.82) is 0 Å². The smallest absolute Gasteiger partial charge is 0.248 e. The Bertz CT molecular complexity index is 1200. The van der Waals surface area contributed by atoms with E-state index in [2.05, 4.69) is 10.1 Å². The second kappa shape index (κ2) is 7.67. The van der Waals surface area contributed by atoms with E-state index in [0.717, 1.165) is 29.7 Å². The maximum Gasteiger partial charge on any atom is 0.248 e. The summed E-state index contributed by atoms with van der Waals surface area (Å²) in [5.74, 6) is -0.0943. The zero-order chi connectivity index (χ0) is 22.6. The predicted molar refractivity (Wildman–Crippen MR) is 118 cm³/mol. The number of piperidine rings is 1. The number of Topliss-reactive ketones (excluding diaryl/α,β-unsaturated/α-hetero) is 1. The van der Waals surface area contributed by atoms with Crippen LogP contribution < -0.4 is 5.73 Å². The first kappa shape index (κ1) is 20.6. The molecule has 2 saturated heterocycles. The molecule has 2 aliphatic rings. The molecule has 0 unspecified atom stereocenters. The highest BCUT2D eigenvalue weighted by molar-refractivity contribution is 6.00. The lowest BCUT2D eigenvalue weighted by molar-refractivity contribution is -0.138. The number of aryl methyl sites for hydroxylation is 1. The maximum atomic E-state index is 12.6. The van der Waals surface area contributed by atoms with Crippen molar-refractivity contribution in [1.82, 2.24) is 24.5 Å². The van der Waals surface area contributed by atoms with Crippen molar-refractivity contribution in [2.75, 3.05) is 12.3 Å². The number of aliphatic hydroxyl groups is 1. The topological polar surface area (TPSA) is 127 Å². The summed E-state index contributed by atoms with van der Waals surface area (Å²) in [5.41, 5.74) is 10.7. The molecule has 0 aliphatic carbocycles. The van der Waals surface area contributed by atoms with E-state index in [9.17, 15) is 14.7 Å². The van der Waals surface area contributed by atoms with Crippen LogP contribution in [0.2, 0.25) is 0 Å². The second-order valence-corrected chi connectivity index (χ2v) is 8.81. The molecule has 9 nitrogen and oxygen atoms in total. The van der Waals surface area contributed by atoms with Gasteiger partial charge in [0, 0.05) is 41.0 Å². The molecule has 3 N–H and O–H groups in total. The van der Waals surface area contributed by atoms with Crippen LogP contribution in [0.15, 0.2) is 24.5 Å². The highest BCUT2D eigenvalue weighted by Crippen LogP contribution is 2.44. The van der Waals surface area contributed by atoms with E-state index in [1.807, 2.05) is 24.0 Å². The lowest BCUT2D eigenvalue weighted by Crippen LogP contribution is -2.47. The largest absolute Gasteiger partial charge is 0.387 e. The number of pyridine rings is 1. The monoisotopic (exact) mass is 434 g/mol. The lowest BCUT2D eigenvalue weighted by atomic mass is 9.85. The SMILES string of the molecule is CC(=O)c1c([C@@H]2C[C@H]3CC[C@@H](C2)N3C(=O)CO)nc2c(-c3ccc(C)nc3)cnn2c1N. The minimum atomic E-state index is -0.475. The van der Waals surface area contributed by atoms with Crippen molar-refractivity contribution in [3.05, 3.63) is 41.5 Å². The van der Waals surface area contributed by atoms with Crippen LogP contribution in [0.4, 0.5) is 5.82 Å². The predicted octanol–water partition coefficient (Wildman–Crippen LogP) is 2.11. The summed E-state index contributed by atoms with van der Waals surface area (Å²) < 4.78 is 1.52. The van der Waals surface area contributed by atoms with Gasteiger partial charge in [0.15, 0.2) is 11.4 Å². The van der Waals surface area contributed by atoms with E-state index < -0.39 is 6.61 Å². The van der Waals surface area contributed by atoms with E-state index in [0.29, 0.717) is 29.7 Å². The molecule has 1 amide bonds. The van der Waals surface area contributed by atoms with Crippen molar-refractivity contribution in [3.63, 3.8) is 0 Å². The van der Waals surface area contributed by atoms with E-state index in [1.54, 1.807) is 12.4 Å². The molecule has 5 heterocycles. The number of nitrogen functional groups attached to an aromatic ring is 1. The number of hydrogen-bond donors (Lipinski definition) is 2. The summed E-state index contributed by atoms with van der Waals surface area (Å²) in [4.78, 5) is 36.0. The normalized spacial score (nSPS) is 22.5. The van der Waals surface area contributed by atoms with Gasteiger partial charge in [-0.2, -0.15) is 9.61 Å². The van der Waals surface area contributed by atoms with Crippen LogP contribution in [0.3, 0.4) is 0 Å². The number of nitrogens with zero attached hydrogens (tertiary/aromatic N) is 5. The Morgan fingerprint density at radius 3 is 2.50 bits per heavy atom. The quantitative estimate of drug-likeness (QED) is 0.602. The van der Waals surface area contributed by atoms with Gasteiger partial charge in [-0.25, -0.2) is 4.98 Å². The van der Waals surface area contributed by atoms with E-state index >= 15 is 0 Å². The molecule has 2 fully saturated rings. The second-order valence-electron chi connectivity index (χ2n) is 8.81. The van der Waals surface area contributed by atoms with Gasteiger partial charge in [-0.15, -0.1) is 0 Å². The molecule has 0 saturated carbocycles. The number of carbonyl (C=O) groups excluding carboxylic acids is 2. The number of ketones is 1. The average molecular weight is 435 g/mol. The van der Waals surface area contributed by atoms with Crippen molar-refractivity contribution in [2.45, 2.75) is 57.5 Å². The number of amides is 1. The first-order chi connectivity index (χ1) is 15.4. The van der Waals surface area contributed by atoms with Gasteiger partial charge in [0.25, 0.3) is 0 Å². The van der Waals surface area contributed by atoms with Gasteiger partial charge < -0.3 is 15.7 Å². The summed E-state index contributed by atoms with van der Waals surface area (Å²) in [6.07, 6.45) is 6.66. The fourth-order valence-corrected chi connectivity index (χ4v) is 5.41. The summed E-state index contributed by atoms with van der Waals surface area (Å²) in [6.45, 7) is 2.95. The summed E-state index contributed by atoms with van der Waals surface area (Å²) in [7, 11) is 0. The van der Waals surface area contributed by atoms with Gasteiger partial charge in [0.1, 0.15) is 12.4 Å². The Hall–Kier alpha value is -3.33. The number of rotatable bonds is 4. The van der Waals surface area contributed by atoms with Crippen LogP contribution >= 0.6 is 0 Å². The van der Waals surface area contributed by atoms with Crippen molar-refractivity contribution in [3.8, 4) is 11.1 Å². The average Bonchev–Trinajstić information content (AvgIpc) is 3.31. The van der Waals surface area contributed by atoms with Crippen LogP contribution in [0, 0.1) is 6.92 Å². The van der Waals surface area contributed by atoms with Gasteiger partial charge in [-0.05, 0) is 45.6 Å². The number of hydrogen-bond acceptors (Lipinski definition) is 7. The molecule has 5 rings (SSSR count). The number of aromatic nitrogens is 4. The third-order valence-electron chi connectivity index (χ3n) is 6.83. The number of anilines is 1. The summed E-state index contributed by atoms with van der Waals surface area (Å²) in [6, 6.07) is 3.99. The third-order valence-corrected chi connectivity index (χ3v) is 6.83. The molecule has 3 aromatic heterocycles. The zero-order valence-electron chi connectivity index (χ0n) is 18.2. The molecule has 0 radical (unpaired) electrons. The molecule has 3 atom stereocenters. The Balaban J connectivity index is 1.62. The van der Waals surface area contributed by atoms with Crippen LogP contribution in [0.1, 0.15) is 60.3 Å². The third kappa shape index (κ3) is 3.15. The maximum absolute atomic E-state index is 12.6.